The first-order valence-corrected chi connectivity index (χ1v) is 9.92. The molecule has 0 atom stereocenters. The highest BCUT2D eigenvalue weighted by Crippen LogP contribution is 2.40. The number of carbonyl (C=O) groups is 1. The molecule has 1 N–H and O–H groups in total. The molecule has 0 radical (unpaired) electrons. The number of anilines is 1. The standard InChI is InChI=1S/C25H15ClN4O3/c26-20-11-21(30-22(15-29)19(13-27)14-28)24(32-16-17-7-3-1-4-8-17)23(12-20)33-25(31)18-9-5-2-6-10-18/h1-12,30H,16H2. The second-order valence-corrected chi connectivity index (χ2v) is 6.96. The Morgan fingerprint density at radius 1 is 0.909 bits per heavy atom. The second-order valence-electron chi connectivity index (χ2n) is 6.52. The van der Waals surface area contributed by atoms with Gasteiger partial charge >= 0.3 is 5.97 Å². The number of benzene rings is 3. The van der Waals surface area contributed by atoms with E-state index in [0.717, 1.165) is 5.56 Å². The quantitative estimate of drug-likeness (QED) is 0.289. The van der Waals surface area contributed by atoms with Gasteiger partial charge in [0.05, 0.1) is 11.3 Å². The summed E-state index contributed by atoms with van der Waals surface area (Å²) in [6, 6.07) is 25.5. The van der Waals surface area contributed by atoms with Gasteiger partial charge in [0.2, 0.25) is 0 Å². The molecule has 0 spiro atoms. The number of nitrogens with zero attached hydrogens (tertiary/aromatic N) is 3. The van der Waals surface area contributed by atoms with Crippen molar-refractivity contribution in [3.63, 3.8) is 0 Å². The molecular weight excluding hydrogens is 440 g/mol. The summed E-state index contributed by atoms with van der Waals surface area (Å²) in [6.45, 7) is 0.113. The number of ether oxygens (including phenoxy) is 2. The molecule has 3 aromatic rings. The highest BCUT2D eigenvalue weighted by Gasteiger charge is 2.20. The molecule has 3 rings (SSSR count). The minimum atomic E-state index is -0.640. The van der Waals surface area contributed by atoms with E-state index in [-0.39, 0.29) is 34.5 Å². The molecule has 0 saturated carbocycles. The van der Waals surface area contributed by atoms with Gasteiger partial charge < -0.3 is 14.8 Å². The van der Waals surface area contributed by atoms with Crippen LogP contribution in [0.5, 0.6) is 11.5 Å². The van der Waals surface area contributed by atoms with Crippen LogP contribution in [0.2, 0.25) is 5.02 Å². The SMILES string of the molecule is N#CC(C#N)=C(C#N)Nc1cc(Cl)cc(OC(=O)c2ccccc2)c1OCc1ccccc1. The van der Waals surface area contributed by atoms with Crippen LogP contribution in [-0.2, 0) is 6.61 Å². The predicted molar refractivity (Wildman–Crippen MR) is 121 cm³/mol. The van der Waals surface area contributed by atoms with E-state index in [4.69, 9.17) is 31.6 Å². The van der Waals surface area contributed by atoms with Crippen LogP contribution in [0.4, 0.5) is 5.69 Å². The lowest BCUT2D eigenvalue weighted by Gasteiger charge is -2.17. The van der Waals surface area contributed by atoms with Gasteiger partial charge in [-0.2, -0.15) is 15.8 Å². The molecule has 0 aliphatic heterocycles. The topological polar surface area (TPSA) is 119 Å². The molecule has 0 aliphatic rings. The lowest BCUT2D eigenvalue weighted by atomic mass is 10.2. The molecule has 0 aromatic heterocycles. The maximum atomic E-state index is 12.7. The molecule has 7 nitrogen and oxygen atoms in total. The predicted octanol–water partition coefficient (Wildman–Crippen LogP) is 5.37. The molecule has 0 bridgehead atoms. The Morgan fingerprint density at radius 3 is 2.15 bits per heavy atom. The van der Waals surface area contributed by atoms with Gasteiger partial charge in [0, 0.05) is 11.1 Å². The van der Waals surface area contributed by atoms with Crippen LogP contribution in [0.3, 0.4) is 0 Å². The van der Waals surface area contributed by atoms with Crippen molar-refractivity contribution in [1.82, 2.24) is 0 Å². The van der Waals surface area contributed by atoms with E-state index >= 15 is 0 Å². The Labute approximate surface area is 195 Å². The number of carbonyl (C=O) groups excluding carboxylic acids is 1. The zero-order valence-corrected chi connectivity index (χ0v) is 17.8. The van der Waals surface area contributed by atoms with E-state index < -0.39 is 11.5 Å². The normalized spacial score (nSPS) is 9.52. The average molecular weight is 455 g/mol. The number of halogens is 1. The first-order valence-electron chi connectivity index (χ1n) is 9.54. The van der Waals surface area contributed by atoms with Crippen molar-refractivity contribution in [2.24, 2.45) is 0 Å². The summed E-state index contributed by atoms with van der Waals surface area (Å²) in [5, 5.41) is 30.6. The molecule has 0 aliphatic carbocycles. The van der Waals surface area contributed by atoms with Gasteiger partial charge in [0.1, 0.15) is 30.5 Å². The summed E-state index contributed by atoms with van der Waals surface area (Å²) in [4.78, 5) is 12.7. The summed E-state index contributed by atoms with van der Waals surface area (Å²) < 4.78 is 11.5. The number of rotatable bonds is 7. The molecule has 8 heteroatoms. The lowest BCUT2D eigenvalue weighted by molar-refractivity contribution is 0.0728. The third-order valence-electron chi connectivity index (χ3n) is 4.30. The van der Waals surface area contributed by atoms with Crippen LogP contribution >= 0.6 is 11.6 Å². The minimum absolute atomic E-state index is 0.00235. The van der Waals surface area contributed by atoms with E-state index in [0.29, 0.717) is 5.56 Å². The third kappa shape index (κ3) is 5.89. The summed E-state index contributed by atoms with van der Waals surface area (Å²) in [5.74, 6) is -0.558. The van der Waals surface area contributed by atoms with Crippen molar-refractivity contribution < 1.29 is 14.3 Å². The van der Waals surface area contributed by atoms with Crippen LogP contribution in [-0.4, -0.2) is 5.97 Å². The first-order chi connectivity index (χ1) is 16.0. The van der Waals surface area contributed by atoms with Crippen LogP contribution in [0.1, 0.15) is 15.9 Å². The number of hydrogen-bond acceptors (Lipinski definition) is 7. The summed E-state index contributed by atoms with van der Waals surface area (Å²) in [7, 11) is 0. The van der Waals surface area contributed by atoms with Crippen molar-refractivity contribution >= 4 is 23.3 Å². The minimum Gasteiger partial charge on any atom is -0.483 e. The fraction of sp³-hybridized carbons (Fsp3) is 0.0400. The zero-order chi connectivity index (χ0) is 23.6. The Kier molecular flexibility index (Phi) is 7.65. The Hall–Kier alpha value is -4.77. The van der Waals surface area contributed by atoms with Gasteiger partial charge in [-0.1, -0.05) is 60.1 Å². The fourth-order valence-corrected chi connectivity index (χ4v) is 2.97. The highest BCUT2D eigenvalue weighted by molar-refractivity contribution is 6.31. The number of esters is 1. The number of allylic oxidation sites excluding steroid dienone is 2. The van der Waals surface area contributed by atoms with Gasteiger partial charge in [-0.15, -0.1) is 0 Å². The monoisotopic (exact) mass is 454 g/mol. The molecule has 33 heavy (non-hydrogen) atoms. The van der Waals surface area contributed by atoms with E-state index in [9.17, 15) is 10.1 Å². The van der Waals surface area contributed by atoms with Crippen molar-refractivity contribution in [3.8, 4) is 29.7 Å². The Morgan fingerprint density at radius 2 is 1.55 bits per heavy atom. The maximum absolute atomic E-state index is 12.7. The molecule has 0 amide bonds. The van der Waals surface area contributed by atoms with E-state index in [1.807, 2.05) is 30.3 Å². The molecule has 0 unspecified atom stereocenters. The average Bonchev–Trinajstić information content (AvgIpc) is 2.84. The third-order valence-corrected chi connectivity index (χ3v) is 4.52. The van der Waals surface area contributed by atoms with Crippen molar-refractivity contribution in [2.75, 3.05) is 5.32 Å². The Balaban J connectivity index is 2.04. The molecule has 0 heterocycles. The first kappa shape index (κ1) is 22.9. The van der Waals surface area contributed by atoms with Crippen molar-refractivity contribution in [1.29, 1.82) is 15.8 Å². The van der Waals surface area contributed by atoms with Gasteiger partial charge in [-0.05, 0) is 23.8 Å². The Bertz CT molecular complexity index is 1300. The van der Waals surface area contributed by atoms with E-state index in [1.54, 1.807) is 48.5 Å². The largest absolute Gasteiger partial charge is 0.483 e. The van der Waals surface area contributed by atoms with Crippen LogP contribution < -0.4 is 14.8 Å². The number of nitriles is 3. The number of hydrogen-bond donors (Lipinski definition) is 1. The van der Waals surface area contributed by atoms with Crippen LogP contribution in [0, 0.1) is 34.0 Å². The van der Waals surface area contributed by atoms with E-state index in [2.05, 4.69) is 5.32 Å². The fourth-order valence-electron chi connectivity index (χ4n) is 2.77. The van der Waals surface area contributed by atoms with Gasteiger partial charge in [0.15, 0.2) is 17.1 Å². The zero-order valence-electron chi connectivity index (χ0n) is 17.1. The summed E-state index contributed by atoms with van der Waals surface area (Å²) in [6.07, 6.45) is 0. The molecule has 0 saturated heterocycles. The summed E-state index contributed by atoms with van der Waals surface area (Å²) in [5.41, 5.74) is 0.578. The van der Waals surface area contributed by atoms with Gasteiger partial charge in [0.25, 0.3) is 0 Å². The van der Waals surface area contributed by atoms with Crippen LogP contribution in [0.25, 0.3) is 0 Å². The van der Waals surface area contributed by atoms with Crippen molar-refractivity contribution in [2.45, 2.75) is 6.61 Å². The maximum Gasteiger partial charge on any atom is 0.343 e. The van der Waals surface area contributed by atoms with Gasteiger partial charge in [-0.25, -0.2) is 4.79 Å². The smallest absolute Gasteiger partial charge is 0.343 e. The van der Waals surface area contributed by atoms with Crippen molar-refractivity contribution in [3.05, 3.63) is 100 Å². The van der Waals surface area contributed by atoms with Crippen LogP contribution in [0.15, 0.2) is 84.1 Å². The summed E-state index contributed by atoms with van der Waals surface area (Å²) >= 11 is 6.23. The van der Waals surface area contributed by atoms with E-state index in [1.165, 1.54) is 12.1 Å². The lowest BCUT2D eigenvalue weighted by Crippen LogP contribution is -2.11. The number of nitrogens with one attached hydrogen (secondary N) is 1. The molecular formula is C25H15ClN4O3. The van der Waals surface area contributed by atoms with Gasteiger partial charge in [-0.3, -0.25) is 0 Å². The molecule has 3 aromatic carbocycles. The molecule has 0 fully saturated rings. The molecule has 160 valence electrons. The highest BCUT2D eigenvalue weighted by atomic mass is 35.5. The second kappa shape index (κ2) is 11.0.